The molecule has 0 N–H and O–H groups in total. The smallest absolute Gasteiger partial charge is 0.222 e. The zero-order chi connectivity index (χ0) is 12.7. The van der Waals surface area contributed by atoms with Gasteiger partial charge >= 0.3 is 11.4 Å². The van der Waals surface area contributed by atoms with Crippen LogP contribution < -0.4 is 0 Å². The zero-order valence-electron chi connectivity index (χ0n) is 8.32. The Bertz CT molecular complexity index is 328. The van der Waals surface area contributed by atoms with Crippen LogP contribution in [0.3, 0.4) is 0 Å². The maximum Gasteiger partial charge on any atom is 0.469 e. The van der Waals surface area contributed by atoms with Gasteiger partial charge in [0.05, 0.1) is 4.75 Å². The van der Waals surface area contributed by atoms with E-state index in [1.165, 1.54) is 6.92 Å². The summed E-state index contributed by atoms with van der Waals surface area (Å²) in [5, 5.41) is -5.71. The van der Waals surface area contributed by atoms with Crippen LogP contribution in [0.5, 0.6) is 0 Å². The van der Waals surface area contributed by atoms with Gasteiger partial charge < -0.3 is 0 Å². The van der Waals surface area contributed by atoms with Crippen molar-refractivity contribution in [3.8, 4) is 0 Å². The molecule has 0 saturated heterocycles. The summed E-state index contributed by atoms with van der Waals surface area (Å²) in [6.45, 7) is 2.90. The molecule has 0 bridgehead atoms. The molecular formula is C7H11F5O2S. The molecule has 0 aromatic heterocycles. The fourth-order valence-electron chi connectivity index (χ4n) is 0.689. The van der Waals surface area contributed by atoms with Gasteiger partial charge in [0.2, 0.25) is 9.84 Å². The van der Waals surface area contributed by atoms with Crippen molar-refractivity contribution in [3.05, 3.63) is 0 Å². The monoisotopic (exact) mass is 254 g/mol. The highest BCUT2D eigenvalue weighted by atomic mass is 32.2. The summed E-state index contributed by atoms with van der Waals surface area (Å²) < 4.78 is 81.0. The van der Waals surface area contributed by atoms with Crippen molar-refractivity contribution in [2.75, 3.05) is 0 Å². The summed E-state index contributed by atoms with van der Waals surface area (Å²) in [6.07, 6.45) is -6.42. The first-order valence-electron chi connectivity index (χ1n) is 4.00. The normalized spacial score (nSPS) is 15.5. The van der Waals surface area contributed by atoms with E-state index in [4.69, 9.17) is 0 Å². The van der Waals surface area contributed by atoms with Crippen LogP contribution in [-0.2, 0) is 9.84 Å². The Morgan fingerprint density at radius 1 is 1.00 bits per heavy atom. The maximum absolute atomic E-state index is 12.7. The lowest BCUT2D eigenvalue weighted by atomic mass is 10.1. The molecule has 0 unspecified atom stereocenters. The number of sulfone groups is 1. The molecule has 0 amide bonds. The SMILES string of the molecule is CCC(C)(C)S(=O)(=O)C(F)(F)C(F)(F)F. The summed E-state index contributed by atoms with van der Waals surface area (Å²) in [4.78, 5) is 0. The Morgan fingerprint density at radius 3 is 1.53 bits per heavy atom. The lowest BCUT2D eigenvalue weighted by molar-refractivity contribution is -0.241. The van der Waals surface area contributed by atoms with Gasteiger partial charge in [0.15, 0.2) is 0 Å². The third-order valence-electron chi connectivity index (χ3n) is 2.25. The number of alkyl halides is 5. The van der Waals surface area contributed by atoms with Gasteiger partial charge in [0.25, 0.3) is 0 Å². The molecule has 0 aliphatic carbocycles. The first-order chi connectivity index (χ1) is 6.31. The average molecular weight is 254 g/mol. The molecule has 0 saturated carbocycles. The number of hydrogen-bond donors (Lipinski definition) is 0. The number of hydrogen-bond acceptors (Lipinski definition) is 2. The minimum Gasteiger partial charge on any atom is -0.222 e. The molecule has 0 aliphatic rings. The molecule has 0 heterocycles. The summed E-state index contributed by atoms with van der Waals surface area (Å²) in [7, 11) is -5.60. The van der Waals surface area contributed by atoms with Crippen LogP contribution in [0.25, 0.3) is 0 Å². The lowest BCUT2D eigenvalue weighted by Crippen LogP contribution is -2.52. The van der Waals surface area contributed by atoms with Crippen molar-refractivity contribution in [1.29, 1.82) is 0 Å². The second kappa shape index (κ2) is 3.57. The third-order valence-corrected chi connectivity index (χ3v) is 4.90. The van der Waals surface area contributed by atoms with E-state index in [1.54, 1.807) is 0 Å². The number of halogens is 5. The van der Waals surface area contributed by atoms with Crippen LogP contribution in [0.15, 0.2) is 0 Å². The highest BCUT2D eigenvalue weighted by Gasteiger charge is 2.70. The van der Waals surface area contributed by atoms with Crippen molar-refractivity contribution in [1.82, 2.24) is 0 Å². The van der Waals surface area contributed by atoms with E-state index in [0.717, 1.165) is 13.8 Å². The fourth-order valence-corrected chi connectivity index (χ4v) is 2.07. The van der Waals surface area contributed by atoms with E-state index in [2.05, 4.69) is 0 Å². The molecule has 0 aromatic rings. The van der Waals surface area contributed by atoms with Crippen LogP contribution in [0.1, 0.15) is 27.2 Å². The molecular weight excluding hydrogens is 243 g/mol. The Kier molecular flexibility index (Phi) is 3.47. The van der Waals surface area contributed by atoms with E-state index in [1.807, 2.05) is 0 Å². The molecule has 92 valence electrons. The summed E-state index contributed by atoms with van der Waals surface area (Å²) in [5.74, 6) is 0. The maximum atomic E-state index is 12.7. The first kappa shape index (κ1) is 14.6. The molecule has 0 fully saturated rings. The molecule has 0 atom stereocenters. The van der Waals surface area contributed by atoms with Gasteiger partial charge in [-0.25, -0.2) is 8.42 Å². The highest BCUT2D eigenvalue weighted by Crippen LogP contribution is 2.45. The molecule has 0 aromatic carbocycles. The first-order valence-corrected chi connectivity index (χ1v) is 5.48. The fraction of sp³-hybridized carbons (Fsp3) is 1.00. The Balaban J connectivity index is 5.62. The molecule has 0 rings (SSSR count). The molecule has 8 heteroatoms. The van der Waals surface area contributed by atoms with Gasteiger partial charge in [-0.1, -0.05) is 6.92 Å². The quantitative estimate of drug-likeness (QED) is 0.726. The van der Waals surface area contributed by atoms with Crippen LogP contribution in [-0.4, -0.2) is 24.6 Å². The van der Waals surface area contributed by atoms with Crippen molar-refractivity contribution < 1.29 is 30.4 Å². The molecule has 0 spiro atoms. The Hall–Kier alpha value is -0.400. The van der Waals surface area contributed by atoms with Crippen molar-refractivity contribution >= 4 is 9.84 Å². The zero-order valence-corrected chi connectivity index (χ0v) is 9.14. The van der Waals surface area contributed by atoms with Gasteiger partial charge in [0, 0.05) is 0 Å². The van der Waals surface area contributed by atoms with Gasteiger partial charge in [-0.15, -0.1) is 0 Å². The summed E-state index contributed by atoms with van der Waals surface area (Å²) in [6, 6.07) is 0. The second-order valence-corrected chi connectivity index (χ2v) is 6.26. The van der Waals surface area contributed by atoms with E-state index >= 15 is 0 Å². The van der Waals surface area contributed by atoms with Crippen LogP contribution in [0.2, 0.25) is 0 Å². The van der Waals surface area contributed by atoms with E-state index in [0.29, 0.717) is 0 Å². The second-order valence-electron chi connectivity index (χ2n) is 3.63. The summed E-state index contributed by atoms with van der Waals surface area (Å²) >= 11 is 0. The van der Waals surface area contributed by atoms with Crippen molar-refractivity contribution in [2.45, 2.75) is 43.4 Å². The summed E-state index contributed by atoms with van der Waals surface area (Å²) in [5.41, 5.74) is 0. The number of rotatable bonds is 3. The average Bonchev–Trinajstić information content (AvgIpc) is 2.01. The Labute approximate surface area is 84.4 Å². The molecule has 0 radical (unpaired) electrons. The lowest BCUT2D eigenvalue weighted by Gasteiger charge is -2.29. The Morgan fingerprint density at radius 2 is 1.33 bits per heavy atom. The predicted molar refractivity (Wildman–Crippen MR) is 44.3 cm³/mol. The van der Waals surface area contributed by atoms with Gasteiger partial charge in [0.1, 0.15) is 0 Å². The largest absolute Gasteiger partial charge is 0.469 e. The van der Waals surface area contributed by atoms with Gasteiger partial charge in [-0.05, 0) is 20.3 Å². The standard InChI is InChI=1S/C7H11F5O2S/c1-4-5(2,3)15(13,14)7(11,12)6(8,9)10/h4H2,1-3H3. The van der Waals surface area contributed by atoms with Crippen LogP contribution >= 0.6 is 0 Å². The van der Waals surface area contributed by atoms with Gasteiger partial charge in [-0.3, -0.25) is 0 Å². The predicted octanol–water partition coefficient (Wildman–Crippen LogP) is 2.74. The van der Waals surface area contributed by atoms with E-state index in [-0.39, 0.29) is 6.42 Å². The van der Waals surface area contributed by atoms with E-state index < -0.39 is 26.0 Å². The molecule has 2 nitrogen and oxygen atoms in total. The van der Waals surface area contributed by atoms with Crippen LogP contribution in [0, 0.1) is 0 Å². The van der Waals surface area contributed by atoms with E-state index in [9.17, 15) is 30.4 Å². The minimum absolute atomic E-state index is 0.332. The van der Waals surface area contributed by atoms with Crippen molar-refractivity contribution in [3.63, 3.8) is 0 Å². The minimum atomic E-state index is -6.09. The topological polar surface area (TPSA) is 34.1 Å². The van der Waals surface area contributed by atoms with Gasteiger partial charge in [-0.2, -0.15) is 22.0 Å². The molecule has 0 aliphatic heterocycles. The van der Waals surface area contributed by atoms with Crippen molar-refractivity contribution in [2.24, 2.45) is 0 Å². The van der Waals surface area contributed by atoms with Crippen LogP contribution in [0.4, 0.5) is 22.0 Å². The molecule has 15 heavy (non-hydrogen) atoms. The highest BCUT2D eigenvalue weighted by molar-refractivity contribution is 7.93. The third kappa shape index (κ3) is 2.09.